The van der Waals surface area contributed by atoms with Gasteiger partial charge in [-0.15, -0.1) is 11.3 Å². The first-order valence-electron chi connectivity index (χ1n) is 5.99. The van der Waals surface area contributed by atoms with Crippen LogP contribution in [0.4, 0.5) is 0 Å². The predicted octanol–water partition coefficient (Wildman–Crippen LogP) is 3.76. The molecule has 0 aliphatic carbocycles. The molecule has 92 valence electrons. The van der Waals surface area contributed by atoms with E-state index in [-0.39, 0.29) is 5.41 Å². The standard InChI is InChI=1S/C13H23NS2/c1-4-15-9-6-8-14-11-13(2,3)12-7-5-10-16-12/h5,7,10,14H,4,6,8-9,11H2,1-3H3. The Morgan fingerprint density at radius 3 is 2.88 bits per heavy atom. The van der Waals surface area contributed by atoms with E-state index in [1.807, 2.05) is 23.1 Å². The van der Waals surface area contributed by atoms with Crippen LogP contribution in [0.2, 0.25) is 0 Å². The number of rotatable bonds is 8. The molecule has 1 rings (SSSR count). The fourth-order valence-electron chi connectivity index (χ4n) is 1.60. The Morgan fingerprint density at radius 2 is 2.25 bits per heavy atom. The molecule has 0 fully saturated rings. The van der Waals surface area contributed by atoms with Crippen molar-refractivity contribution in [3.8, 4) is 0 Å². The van der Waals surface area contributed by atoms with E-state index in [0.29, 0.717) is 0 Å². The minimum Gasteiger partial charge on any atom is -0.316 e. The lowest BCUT2D eigenvalue weighted by Gasteiger charge is -2.23. The number of thioether (sulfide) groups is 1. The van der Waals surface area contributed by atoms with Gasteiger partial charge in [-0.25, -0.2) is 0 Å². The van der Waals surface area contributed by atoms with Crippen LogP contribution in [0.5, 0.6) is 0 Å². The van der Waals surface area contributed by atoms with E-state index in [1.165, 1.54) is 22.8 Å². The van der Waals surface area contributed by atoms with Gasteiger partial charge in [0.25, 0.3) is 0 Å². The van der Waals surface area contributed by atoms with Crippen molar-refractivity contribution in [1.29, 1.82) is 0 Å². The summed E-state index contributed by atoms with van der Waals surface area (Å²) in [5, 5.41) is 5.73. The first kappa shape index (κ1) is 14.1. The maximum Gasteiger partial charge on any atom is 0.0115 e. The second-order valence-electron chi connectivity index (χ2n) is 4.59. The van der Waals surface area contributed by atoms with Crippen molar-refractivity contribution in [3.05, 3.63) is 22.4 Å². The van der Waals surface area contributed by atoms with Crippen LogP contribution in [0.25, 0.3) is 0 Å². The minimum absolute atomic E-state index is 0.270. The largest absolute Gasteiger partial charge is 0.316 e. The van der Waals surface area contributed by atoms with Crippen molar-refractivity contribution in [1.82, 2.24) is 5.32 Å². The minimum atomic E-state index is 0.270. The van der Waals surface area contributed by atoms with Crippen molar-refractivity contribution in [2.45, 2.75) is 32.6 Å². The van der Waals surface area contributed by atoms with Gasteiger partial charge in [0.15, 0.2) is 0 Å². The first-order valence-corrected chi connectivity index (χ1v) is 8.02. The molecule has 0 bridgehead atoms. The average molecular weight is 257 g/mol. The second-order valence-corrected chi connectivity index (χ2v) is 6.93. The lowest BCUT2D eigenvalue weighted by Crippen LogP contribution is -2.32. The zero-order chi connectivity index (χ0) is 11.9. The van der Waals surface area contributed by atoms with Crippen molar-refractivity contribution in [2.75, 3.05) is 24.6 Å². The number of thiophene rings is 1. The summed E-state index contributed by atoms with van der Waals surface area (Å²) in [6.07, 6.45) is 1.28. The number of hydrogen-bond acceptors (Lipinski definition) is 3. The van der Waals surface area contributed by atoms with Crippen LogP contribution in [0, 0.1) is 0 Å². The van der Waals surface area contributed by atoms with Crippen molar-refractivity contribution < 1.29 is 0 Å². The quantitative estimate of drug-likeness (QED) is 0.712. The SMILES string of the molecule is CCSCCCNCC(C)(C)c1cccs1. The maximum atomic E-state index is 3.57. The highest BCUT2D eigenvalue weighted by atomic mass is 32.2. The summed E-state index contributed by atoms with van der Waals surface area (Å²) < 4.78 is 0. The van der Waals surface area contributed by atoms with E-state index in [0.717, 1.165) is 13.1 Å². The monoisotopic (exact) mass is 257 g/mol. The van der Waals surface area contributed by atoms with Gasteiger partial charge >= 0.3 is 0 Å². The van der Waals surface area contributed by atoms with E-state index in [2.05, 4.69) is 43.6 Å². The molecule has 0 amide bonds. The van der Waals surface area contributed by atoms with E-state index in [9.17, 15) is 0 Å². The van der Waals surface area contributed by atoms with E-state index >= 15 is 0 Å². The van der Waals surface area contributed by atoms with Crippen LogP contribution in [-0.4, -0.2) is 24.6 Å². The summed E-state index contributed by atoms with van der Waals surface area (Å²) in [6, 6.07) is 4.37. The number of nitrogens with one attached hydrogen (secondary N) is 1. The second kappa shape index (κ2) is 7.36. The fraction of sp³-hybridized carbons (Fsp3) is 0.692. The zero-order valence-electron chi connectivity index (χ0n) is 10.6. The molecule has 1 nitrogen and oxygen atoms in total. The van der Waals surface area contributed by atoms with Gasteiger partial charge < -0.3 is 5.32 Å². The Morgan fingerprint density at radius 1 is 1.44 bits per heavy atom. The fourth-order valence-corrected chi connectivity index (χ4v) is 3.08. The topological polar surface area (TPSA) is 12.0 Å². The zero-order valence-corrected chi connectivity index (χ0v) is 12.2. The molecule has 0 aromatic carbocycles. The van der Waals surface area contributed by atoms with Gasteiger partial charge in [0.05, 0.1) is 0 Å². The Kier molecular flexibility index (Phi) is 6.47. The molecule has 3 heteroatoms. The maximum absolute atomic E-state index is 3.57. The van der Waals surface area contributed by atoms with Gasteiger partial charge in [-0.05, 0) is 35.9 Å². The molecule has 1 aromatic rings. The van der Waals surface area contributed by atoms with Crippen molar-refractivity contribution in [2.24, 2.45) is 0 Å². The highest BCUT2D eigenvalue weighted by molar-refractivity contribution is 7.99. The van der Waals surface area contributed by atoms with Gasteiger partial charge in [0.2, 0.25) is 0 Å². The Balaban J connectivity index is 2.17. The van der Waals surface area contributed by atoms with Crippen molar-refractivity contribution >= 4 is 23.1 Å². The Hall–Kier alpha value is 0.01000. The van der Waals surface area contributed by atoms with Gasteiger partial charge in [0, 0.05) is 16.8 Å². The normalized spacial score (nSPS) is 11.9. The Bertz CT molecular complexity index is 267. The van der Waals surface area contributed by atoms with E-state index in [1.54, 1.807) is 0 Å². The lowest BCUT2D eigenvalue weighted by molar-refractivity contribution is 0.478. The highest BCUT2D eigenvalue weighted by Crippen LogP contribution is 2.26. The van der Waals surface area contributed by atoms with E-state index in [4.69, 9.17) is 0 Å². The molecule has 0 radical (unpaired) electrons. The molecule has 16 heavy (non-hydrogen) atoms. The highest BCUT2D eigenvalue weighted by Gasteiger charge is 2.20. The predicted molar refractivity (Wildman–Crippen MR) is 77.8 cm³/mol. The third kappa shape index (κ3) is 4.89. The van der Waals surface area contributed by atoms with Crippen molar-refractivity contribution in [3.63, 3.8) is 0 Å². The van der Waals surface area contributed by atoms with Gasteiger partial charge in [-0.3, -0.25) is 0 Å². The van der Waals surface area contributed by atoms with Gasteiger partial charge in [-0.2, -0.15) is 11.8 Å². The van der Waals surface area contributed by atoms with E-state index < -0.39 is 0 Å². The van der Waals surface area contributed by atoms with Crippen LogP contribution in [0.1, 0.15) is 32.1 Å². The summed E-state index contributed by atoms with van der Waals surface area (Å²) in [7, 11) is 0. The molecule has 0 spiro atoms. The van der Waals surface area contributed by atoms with Crippen LogP contribution < -0.4 is 5.32 Å². The molecule has 0 aliphatic heterocycles. The molecule has 0 aliphatic rings. The van der Waals surface area contributed by atoms with Crippen LogP contribution in [-0.2, 0) is 5.41 Å². The molecule has 0 unspecified atom stereocenters. The molecule has 0 saturated carbocycles. The molecular weight excluding hydrogens is 234 g/mol. The average Bonchev–Trinajstić information content (AvgIpc) is 2.77. The summed E-state index contributed by atoms with van der Waals surface area (Å²) in [4.78, 5) is 1.47. The third-order valence-corrected chi connectivity index (χ3v) is 4.82. The molecule has 0 atom stereocenters. The van der Waals surface area contributed by atoms with Crippen LogP contribution in [0.3, 0.4) is 0 Å². The third-order valence-electron chi connectivity index (χ3n) is 2.60. The van der Waals surface area contributed by atoms with Crippen LogP contribution in [0.15, 0.2) is 17.5 Å². The molecule has 0 saturated heterocycles. The summed E-state index contributed by atoms with van der Waals surface area (Å²) in [6.45, 7) is 9.06. The molecular formula is C13H23NS2. The smallest absolute Gasteiger partial charge is 0.0115 e. The Labute approximate surface area is 108 Å². The summed E-state index contributed by atoms with van der Waals surface area (Å²) in [5.74, 6) is 2.52. The lowest BCUT2D eigenvalue weighted by atomic mass is 9.91. The summed E-state index contributed by atoms with van der Waals surface area (Å²) in [5.41, 5.74) is 0.270. The molecule has 1 aromatic heterocycles. The van der Waals surface area contributed by atoms with Gasteiger partial charge in [0.1, 0.15) is 0 Å². The number of hydrogen-bond donors (Lipinski definition) is 1. The first-order chi connectivity index (χ1) is 7.67. The van der Waals surface area contributed by atoms with Gasteiger partial charge in [-0.1, -0.05) is 26.8 Å². The van der Waals surface area contributed by atoms with Crippen LogP contribution >= 0.6 is 23.1 Å². The summed E-state index contributed by atoms with van der Waals surface area (Å²) >= 11 is 3.88. The molecule has 1 N–H and O–H groups in total. The molecule has 1 heterocycles.